The van der Waals surface area contributed by atoms with Crippen molar-refractivity contribution in [2.75, 3.05) is 11.4 Å². The number of hydrogen-bond donors (Lipinski definition) is 1. The van der Waals surface area contributed by atoms with E-state index in [0.29, 0.717) is 18.8 Å². The molecule has 3 atom stereocenters. The van der Waals surface area contributed by atoms with Crippen LogP contribution in [0, 0.1) is 5.92 Å². The van der Waals surface area contributed by atoms with E-state index in [-0.39, 0.29) is 17.7 Å². The molecule has 0 spiro atoms. The second kappa shape index (κ2) is 4.65. The van der Waals surface area contributed by atoms with Crippen LogP contribution < -0.4 is 4.90 Å². The monoisotopic (exact) mass is 294 g/mol. The molecule has 112 valence electrons. The molecule has 1 saturated heterocycles. The largest absolute Gasteiger partial charge is 0.374 e. The molecule has 2 heterocycles. The minimum absolute atomic E-state index is 0.121. The van der Waals surface area contributed by atoms with E-state index in [0.717, 1.165) is 11.3 Å². The van der Waals surface area contributed by atoms with Gasteiger partial charge in [-0.2, -0.15) is 0 Å². The van der Waals surface area contributed by atoms with Gasteiger partial charge in [0.2, 0.25) is 0 Å². The van der Waals surface area contributed by atoms with Crippen LogP contribution in [0.3, 0.4) is 0 Å². The SMILES string of the molecule is CC1=CC2C(=O)C3(O)CCN(c4ccccc4)C3=NC2C=C1. The Kier molecular flexibility index (Phi) is 2.84. The van der Waals surface area contributed by atoms with Crippen LogP contribution in [0.15, 0.2) is 59.1 Å². The number of fused-ring (bicyclic) bond motifs is 2. The zero-order valence-corrected chi connectivity index (χ0v) is 12.4. The molecule has 1 N–H and O–H groups in total. The van der Waals surface area contributed by atoms with E-state index in [1.807, 2.05) is 60.4 Å². The van der Waals surface area contributed by atoms with E-state index in [1.165, 1.54) is 0 Å². The lowest BCUT2D eigenvalue weighted by molar-refractivity contribution is -0.134. The van der Waals surface area contributed by atoms with Gasteiger partial charge in [0.1, 0.15) is 5.84 Å². The second-order valence-electron chi connectivity index (χ2n) is 6.20. The predicted octanol–water partition coefficient (Wildman–Crippen LogP) is 2.11. The summed E-state index contributed by atoms with van der Waals surface area (Å²) in [6.07, 6.45) is 6.28. The molecule has 4 heteroatoms. The van der Waals surface area contributed by atoms with Crippen molar-refractivity contribution >= 4 is 17.3 Å². The van der Waals surface area contributed by atoms with Gasteiger partial charge in [0.25, 0.3) is 0 Å². The molecule has 4 nitrogen and oxygen atoms in total. The molecule has 3 unspecified atom stereocenters. The van der Waals surface area contributed by atoms with Gasteiger partial charge < -0.3 is 10.0 Å². The number of aliphatic imine (C=N–C) groups is 1. The number of ketones is 1. The Morgan fingerprint density at radius 3 is 2.86 bits per heavy atom. The minimum atomic E-state index is -1.45. The fourth-order valence-corrected chi connectivity index (χ4v) is 3.56. The van der Waals surface area contributed by atoms with E-state index in [1.54, 1.807) is 0 Å². The number of anilines is 1. The summed E-state index contributed by atoms with van der Waals surface area (Å²) in [4.78, 5) is 19.5. The number of Topliss-reactive ketones (excluding diaryl/α,β-unsaturated/α-hetero) is 1. The highest BCUT2D eigenvalue weighted by atomic mass is 16.3. The van der Waals surface area contributed by atoms with Crippen LogP contribution in [0.4, 0.5) is 5.69 Å². The fraction of sp³-hybridized carbons (Fsp3) is 0.333. The van der Waals surface area contributed by atoms with Gasteiger partial charge in [0, 0.05) is 18.7 Å². The van der Waals surface area contributed by atoms with Crippen molar-refractivity contribution < 1.29 is 9.90 Å². The number of nitrogens with zero attached hydrogens (tertiary/aromatic N) is 2. The molecule has 1 aromatic rings. The van der Waals surface area contributed by atoms with Crippen LogP contribution in [0.1, 0.15) is 13.3 Å². The summed E-state index contributed by atoms with van der Waals surface area (Å²) < 4.78 is 0. The summed E-state index contributed by atoms with van der Waals surface area (Å²) in [7, 11) is 0. The summed E-state index contributed by atoms with van der Waals surface area (Å²) in [5, 5.41) is 11.0. The zero-order chi connectivity index (χ0) is 15.3. The molecule has 1 fully saturated rings. The van der Waals surface area contributed by atoms with Crippen molar-refractivity contribution in [3.63, 3.8) is 0 Å². The van der Waals surface area contributed by atoms with Crippen LogP contribution in [-0.2, 0) is 4.79 Å². The number of allylic oxidation sites excluding steroid dienone is 2. The van der Waals surface area contributed by atoms with Crippen molar-refractivity contribution in [1.29, 1.82) is 0 Å². The predicted molar refractivity (Wildman–Crippen MR) is 86.0 cm³/mol. The van der Waals surface area contributed by atoms with Gasteiger partial charge >= 0.3 is 0 Å². The fourth-order valence-electron chi connectivity index (χ4n) is 3.56. The number of carbonyl (C=O) groups is 1. The van der Waals surface area contributed by atoms with Crippen molar-refractivity contribution in [2.24, 2.45) is 10.9 Å². The molecule has 22 heavy (non-hydrogen) atoms. The number of para-hydroxylation sites is 1. The maximum Gasteiger partial charge on any atom is 0.182 e. The lowest BCUT2D eigenvalue weighted by Crippen LogP contribution is -2.55. The van der Waals surface area contributed by atoms with Crippen LogP contribution in [0.5, 0.6) is 0 Å². The van der Waals surface area contributed by atoms with Crippen molar-refractivity contribution in [3.8, 4) is 0 Å². The van der Waals surface area contributed by atoms with Crippen molar-refractivity contribution in [1.82, 2.24) is 0 Å². The molecule has 0 aromatic heterocycles. The summed E-state index contributed by atoms with van der Waals surface area (Å²) in [6.45, 7) is 2.57. The highest BCUT2D eigenvalue weighted by Crippen LogP contribution is 2.38. The normalized spacial score (nSPS) is 33.2. The first-order chi connectivity index (χ1) is 10.6. The molecular formula is C18H18N2O2. The maximum absolute atomic E-state index is 12.8. The average Bonchev–Trinajstić information content (AvgIpc) is 2.88. The molecule has 0 radical (unpaired) electrons. The Bertz CT molecular complexity index is 720. The Hall–Kier alpha value is -2.20. The van der Waals surface area contributed by atoms with E-state index in [4.69, 9.17) is 4.99 Å². The molecule has 0 bridgehead atoms. The van der Waals surface area contributed by atoms with Gasteiger partial charge in [-0.15, -0.1) is 0 Å². The summed E-state index contributed by atoms with van der Waals surface area (Å²) in [5.41, 5.74) is 0.573. The third kappa shape index (κ3) is 1.80. The number of hydrogen-bond acceptors (Lipinski definition) is 4. The quantitative estimate of drug-likeness (QED) is 0.863. The Labute approximate surface area is 129 Å². The molecular weight excluding hydrogens is 276 g/mol. The Morgan fingerprint density at radius 1 is 1.32 bits per heavy atom. The third-order valence-electron chi connectivity index (χ3n) is 4.74. The van der Waals surface area contributed by atoms with E-state index in [9.17, 15) is 9.90 Å². The number of amidine groups is 1. The standard InChI is InChI=1S/C18H18N2O2/c1-12-7-8-15-14(11-12)16(21)18(22)9-10-20(17(18)19-15)13-5-3-2-4-6-13/h2-8,11,14-15,22H,9-10H2,1H3. The number of benzene rings is 1. The number of rotatable bonds is 1. The molecule has 0 saturated carbocycles. The smallest absolute Gasteiger partial charge is 0.182 e. The third-order valence-corrected chi connectivity index (χ3v) is 4.74. The summed E-state index contributed by atoms with van der Waals surface area (Å²) in [6, 6.07) is 9.61. The molecule has 1 aromatic carbocycles. The number of carbonyl (C=O) groups excluding carboxylic acids is 1. The van der Waals surface area contributed by atoms with Crippen LogP contribution in [-0.4, -0.2) is 34.9 Å². The first kappa shape index (κ1) is 13.5. The summed E-state index contributed by atoms with van der Waals surface area (Å²) >= 11 is 0. The Balaban J connectivity index is 1.80. The van der Waals surface area contributed by atoms with Crippen LogP contribution in [0.25, 0.3) is 0 Å². The van der Waals surface area contributed by atoms with Gasteiger partial charge in [0.05, 0.1) is 12.0 Å². The van der Waals surface area contributed by atoms with E-state index >= 15 is 0 Å². The van der Waals surface area contributed by atoms with Crippen molar-refractivity contribution in [2.45, 2.75) is 25.0 Å². The van der Waals surface area contributed by atoms with Crippen LogP contribution in [0.2, 0.25) is 0 Å². The highest BCUT2D eigenvalue weighted by molar-refractivity contribution is 6.22. The Morgan fingerprint density at radius 2 is 2.09 bits per heavy atom. The molecule has 0 amide bonds. The minimum Gasteiger partial charge on any atom is -0.374 e. The van der Waals surface area contributed by atoms with Gasteiger partial charge in [-0.1, -0.05) is 42.0 Å². The lowest BCUT2D eigenvalue weighted by Gasteiger charge is -2.36. The van der Waals surface area contributed by atoms with Gasteiger partial charge in [-0.3, -0.25) is 9.79 Å². The van der Waals surface area contributed by atoms with Crippen LogP contribution >= 0.6 is 0 Å². The first-order valence-corrected chi connectivity index (χ1v) is 7.64. The maximum atomic E-state index is 12.8. The second-order valence-corrected chi connectivity index (χ2v) is 6.20. The lowest BCUT2D eigenvalue weighted by atomic mass is 9.77. The topological polar surface area (TPSA) is 52.9 Å². The zero-order valence-electron chi connectivity index (χ0n) is 12.4. The molecule has 4 rings (SSSR count). The molecule has 1 aliphatic carbocycles. The van der Waals surface area contributed by atoms with E-state index < -0.39 is 5.60 Å². The van der Waals surface area contributed by atoms with Gasteiger partial charge in [-0.25, -0.2) is 0 Å². The van der Waals surface area contributed by atoms with Crippen molar-refractivity contribution in [3.05, 3.63) is 54.1 Å². The molecule has 3 aliphatic rings. The number of aliphatic hydroxyl groups is 1. The van der Waals surface area contributed by atoms with Gasteiger partial charge in [-0.05, 0) is 19.1 Å². The highest BCUT2D eigenvalue weighted by Gasteiger charge is 2.55. The van der Waals surface area contributed by atoms with E-state index in [2.05, 4.69) is 0 Å². The molecule has 2 aliphatic heterocycles. The summed E-state index contributed by atoms with van der Waals surface area (Å²) in [5.74, 6) is 0.0432. The van der Waals surface area contributed by atoms with Gasteiger partial charge in [0.15, 0.2) is 11.4 Å². The first-order valence-electron chi connectivity index (χ1n) is 7.64. The average molecular weight is 294 g/mol.